The number of hydrogen-bond donors (Lipinski definition) is 3. The summed E-state index contributed by atoms with van der Waals surface area (Å²) in [5.41, 5.74) is 0.794. The molecule has 0 aliphatic rings. The van der Waals surface area contributed by atoms with Crippen LogP contribution in [0, 0.1) is 11.7 Å². The zero-order chi connectivity index (χ0) is 17.1. The molecule has 1 rings (SSSR count). The van der Waals surface area contributed by atoms with Crippen molar-refractivity contribution in [2.45, 2.75) is 33.4 Å². The van der Waals surface area contributed by atoms with Gasteiger partial charge in [0.15, 0.2) is 5.96 Å². The summed E-state index contributed by atoms with van der Waals surface area (Å²) < 4.78 is 18.5. The van der Waals surface area contributed by atoms with Gasteiger partial charge in [-0.25, -0.2) is 9.38 Å². The van der Waals surface area contributed by atoms with E-state index in [1.807, 2.05) is 13.0 Å². The molecular formula is C17H28FN3O2. The fraction of sp³-hybridized carbons (Fsp3) is 0.588. The van der Waals surface area contributed by atoms with E-state index < -0.39 is 6.10 Å². The van der Waals surface area contributed by atoms with Crippen molar-refractivity contribution in [2.24, 2.45) is 10.9 Å². The van der Waals surface area contributed by atoms with Gasteiger partial charge in [-0.2, -0.15) is 0 Å². The van der Waals surface area contributed by atoms with Crippen LogP contribution in [0.5, 0.6) is 0 Å². The Morgan fingerprint density at radius 2 is 2.09 bits per heavy atom. The van der Waals surface area contributed by atoms with Gasteiger partial charge in [0.25, 0.3) is 0 Å². The lowest BCUT2D eigenvalue weighted by Gasteiger charge is -2.16. The maximum atomic E-state index is 13.1. The van der Waals surface area contributed by atoms with Crippen molar-refractivity contribution in [1.82, 2.24) is 10.6 Å². The summed E-state index contributed by atoms with van der Waals surface area (Å²) in [6.07, 6.45) is -0.605. The summed E-state index contributed by atoms with van der Waals surface area (Å²) in [7, 11) is 0. The Hall–Kier alpha value is -1.66. The number of halogens is 1. The van der Waals surface area contributed by atoms with Gasteiger partial charge in [-0.1, -0.05) is 26.0 Å². The van der Waals surface area contributed by atoms with Crippen molar-refractivity contribution in [1.29, 1.82) is 0 Å². The lowest BCUT2D eigenvalue weighted by atomic mass is 10.2. The number of benzene rings is 1. The SMILES string of the molecule is CCNC(=NCc1cccc(F)c1)NCC(O)COCC(C)C. The number of aliphatic hydroxyl groups is 1. The maximum absolute atomic E-state index is 13.1. The van der Waals surface area contributed by atoms with Gasteiger partial charge in [-0.15, -0.1) is 0 Å². The summed E-state index contributed by atoms with van der Waals surface area (Å²) in [5.74, 6) is 0.758. The number of ether oxygens (including phenoxy) is 1. The van der Waals surface area contributed by atoms with E-state index in [1.165, 1.54) is 12.1 Å². The lowest BCUT2D eigenvalue weighted by molar-refractivity contribution is 0.0280. The largest absolute Gasteiger partial charge is 0.389 e. The molecule has 1 unspecified atom stereocenters. The second-order valence-corrected chi connectivity index (χ2v) is 5.79. The number of guanidine groups is 1. The maximum Gasteiger partial charge on any atom is 0.191 e. The molecule has 3 N–H and O–H groups in total. The fourth-order valence-corrected chi connectivity index (χ4v) is 1.86. The van der Waals surface area contributed by atoms with Crippen molar-refractivity contribution < 1.29 is 14.2 Å². The van der Waals surface area contributed by atoms with Gasteiger partial charge in [0.2, 0.25) is 0 Å². The van der Waals surface area contributed by atoms with E-state index >= 15 is 0 Å². The van der Waals surface area contributed by atoms with E-state index in [4.69, 9.17) is 4.74 Å². The lowest BCUT2D eigenvalue weighted by Crippen LogP contribution is -2.42. The standard InChI is InChI=1S/C17H28FN3O2/c1-4-19-17(20-9-14-6-5-7-15(18)8-14)21-10-16(22)12-23-11-13(2)3/h5-8,13,16,22H,4,9-12H2,1-3H3,(H2,19,20,21). The molecule has 0 saturated heterocycles. The Kier molecular flexibility index (Phi) is 9.24. The molecule has 1 aromatic rings. The average molecular weight is 325 g/mol. The van der Waals surface area contributed by atoms with Crippen molar-refractivity contribution in [3.63, 3.8) is 0 Å². The summed E-state index contributed by atoms with van der Waals surface area (Å²) in [6.45, 7) is 8.41. The highest BCUT2D eigenvalue weighted by Gasteiger charge is 2.06. The average Bonchev–Trinajstić information content (AvgIpc) is 2.50. The van der Waals surface area contributed by atoms with Crippen LogP contribution in [-0.4, -0.2) is 43.5 Å². The predicted molar refractivity (Wildman–Crippen MR) is 90.9 cm³/mol. The van der Waals surface area contributed by atoms with Crippen LogP contribution in [0.2, 0.25) is 0 Å². The fourth-order valence-electron chi connectivity index (χ4n) is 1.86. The van der Waals surface area contributed by atoms with Crippen molar-refractivity contribution in [3.8, 4) is 0 Å². The molecule has 0 saturated carbocycles. The van der Waals surface area contributed by atoms with Gasteiger partial charge < -0.3 is 20.5 Å². The van der Waals surface area contributed by atoms with Gasteiger partial charge in [0, 0.05) is 19.7 Å². The van der Waals surface area contributed by atoms with Gasteiger partial charge in [0.1, 0.15) is 5.82 Å². The highest BCUT2D eigenvalue weighted by atomic mass is 19.1. The summed E-state index contributed by atoms with van der Waals surface area (Å²) in [6, 6.07) is 6.35. The summed E-state index contributed by atoms with van der Waals surface area (Å²) >= 11 is 0. The third-order valence-corrected chi connectivity index (χ3v) is 2.92. The van der Waals surface area contributed by atoms with Crippen molar-refractivity contribution in [2.75, 3.05) is 26.3 Å². The molecule has 5 nitrogen and oxygen atoms in total. The van der Waals surface area contributed by atoms with E-state index in [0.717, 1.165) is 5.56 Å². The second kappa shape index (κ2) is 11.0. The smallest absolute Gasteiger partial charge is 0.191 e. The van der Waals surface area contributed by atoms with Crippen LogP contribution in [0.25, 0.3) is 0 Å². The molecule has 0 aliphatic carbocycles. The Morgan fingerprint density at radius 1 is 1.30 bits per heavy atom. The molecule has 23 heavy (non-hydrogen) atoms. The van der Waals surface area contributed by atoms with Crippen LogP contribution in [0.1, 0.15) is 26.3 Å². The molecular weight excluding hydrogens is 297 g/mol. The topological polar surface area (TPSA) is 65.9 Å². The number of nitrogens with one attached hydrogen (secondary N) is 2. The molecule has 0 spiro atoms. The number of aliphatic hydroxyl groups excluding tert-OH is 1. The predicted octanol–water partition coefficient (Wildman–Crippen LogP) is 1.91. The molecule has 130 valence electrons. The molecule has 1 atom stereocenters. The molecule has 0 amide bonds. The third-order valence-electron chi connectivity index (χ3n) is 2.92. The van der Waals surface area contributed by atoms with Gasteiger partial charge in [-0.05, 0) is 30.5 Å². The first-order valence-corrected chi connectivity index (χ1v) is 8.03. The first kappa shape index (κ1) is 19.4. The van der Waals surface area contributed by atoms with Gasteiger partial charge >= 0.3 is 0 Å². The molecule has 0 aliphatic heterocycles. The number of rotatable bonds is 9. The van der Waals surface area contributed by atoms with Crippen LogP contribution in [0.15, 0.2) is 29.3 Å². The van der Waals surface area contributed by atoms with E-state index in [1.54, 1.807) is 6.07 Å². The summed E-state index contributed by atoms with van der Waals surface area (Å²) in [4.78, 5) is 4.38. The Bertz CT molecular complexity index is 481. The monoisotopic (exact) mass is 325 g/mol. The molecule has 0 aromatic heterocycles. The Labute approximate surface area is 138 Å². The molecule has 0 fully saturated rings. The molecule has 6 heteroatoms. The van der Waals surface area contributed by atoms with E-state index in [0.29, 0.717) is 38.1 Å². The molecule has 0 bridgehead atoms. The highest BCUT2D eigenvalue weighted by Crippen LogP contribution is 2.04. The zero-order valence-electron chi connectivity index (χ0n) is 14.2. The number of hydrogen-bond acceptors (Lipinski definition) is 3. The quantitative estimate of drug-likeness (QED) is 0.479. The third kappa shape index (κ3) is 9.15. The minimum absolute atomic E-state index is 0.270. The Morgan fingerprint density at radius 3 is 2.74 bits per heavy atom. The summed E-state index contributed by atoms with van der Waals surface area (Å²) in [5, 5.41) is 16.0. The number of aliphatic imine (C=N–C) groups is 1. The highest BCUT2D eigenvalue weighted by molar-refractivity contribution is 5.79. The second-order valence-electron chi connectivity index (χ2n) is 5.79. The molecule has 0 heterocycles. The van der Waals surface area contributed by atoms with E-state index in [2.05, 4.69) is 29.5 Å². The zero-order valence-corrected chi connectivity index (χ0v) is 14.2. The first-order valence-electron chi connectivity index (χ1n) is 8.03. The molecule has 1 aromatic carbocycles. The molecule has 0 radical (unpaired) electrons. The van der Waals surface area contributed by atoms with E-state index in [9.17, 15) is 9.50 Å². The van der Waals surface area contributed by atoms with Crippen molar-refractivity contribution >= 4 is 5.96 Å². The van der Waals surface area contributed by atoms with Crippen LogP contribution in [-0.2, 0) is 11.3 Å². The van der Waals surface area contributed by atoms with Crippen LogP contribution in [0.4, 0.5) is 4.39 Å². The minimum atomic E-state index is -0.605. The van der Waals surface area contributed by atoms with Crippen LogP contribution >= 0.6 is 0 Å². The van der Waals surface area contributed by atoms with Gasteiger partial charge in [0.05, 0.1) is 19.3 Å². The normalized spacial score (nSPS) is 13.2. The van der Waals surface area contributed by atoms with Crippen LogP contribution < -0.4 is 10.6 Å². The van der Waals surface area contributed by atoms with Gasteiger partial charge in [-0.3, -0.25) is 0 Å². The van der Waals surface area contributed by atoms with E-state index in [-0.39, 0.29) is 12.4 Å². The minimum Gasteiger partial charge on any atom is -0.389 e. The van der Waals surface area contributed by atoms with Crippen LogP contribution in [0.3, 0.4) is 0 Å². The number of nitrogens with zero attached hydrogens (tertiary/aromatic N) is 1. The van der Waals surface area contributed by atoms with Crippen molar-refractivity contribution in [3.05, 3.63) is 35.6 Å². The first-order chi connectivity index (χ1) is 11.0. The Balaban J connectivity index is 2.43.